The number of benzene rings is 1. The number of halogens is 2. The van der Waals surface area contributed by atoms with Crippen molar-refractivity contribution in [2.24, 2.45) is 5.73 Å². The highest BCUT2D eigenvalue weighted by Crippen LogP contribution is 2.14. The molecule has 21 heavy (non-hydrogen) atoms. The average Bonchev–Trinajstić information content (AvgIpc) is 2.36. The minimum atomic E-state index is -1.05. The van der Waals surface area contributed by atoms with Gasteiger partial charge in [0.05, 0.1) is 10.8 Å². The van der Waals surface area contributed by atoms with Crippen LogP contribution >= 0.6 is 28.3 Å². The average molecular weight is 398 g/mol. The summed E-state index contributed by atoms with van der Waals surface area (Å²) in [6, 6.07) is 7.39. The first kappa shape index (κ1) is 20.6. The van der Waals surface area contributed by atoms with Crippen molar-refractivity contribution in [3.63, 3.8) is 0 Å². The second kappa shape index (κ2) is 9.56. The Hall–Kier alpha value is -0.430. The predicted molar refractivity (Wildman–Crippen MR) is 93.2 cm³/mol. The van der Waals surface area contributed by atoms with Crippen molar-refractivity contribution >= 4 is 45.0 Å². The normalized spacial score (nSPS) is 12.4. The Bertz CT molecular complexity index is 475. The van der Waals surface area contributed by atoms with Gasteiger partial charge in [0.25, 0.3) is 0 Å². The minimum absolute atomic E-state index is 0. The molecule has 1 aromatic carbocycles. The molecular formula is C14H22BrClN2O2S. The van der Waals surface area contributed by atoms with Gasteiger partial charge in [-0.25, -0.2) is 0 Å². The van der Waals surface area contributed by atoms with E-state index in [1.54, 1.807) is 0 Å². The van der Waals surface area contributed by atoms with Crippen LogP contribution in [0.3, 0.4) is 0 Å². The Labute approximate surface area is 143 Å². The molecule has 0 aliphatic carbocycles. The van der Waals surface area contributed by atoms with Crippen molar-refractivity contribution in [1.82, 2.24) is 5.32 Å². The van der Waals surface area contributed by atoms with Crippen LogP contribution in [-0.4, -0.2) is 28.0 Å². The molecule has 1 rings (SSSR count). The highest BCUT2D eigenvalue weighted by Gasteiger charge is 2.12. The minimum Gasteiger partial charge on any atom is -0.354 e. The number of amides is 1. The van der Waals surface area contributed by atoms with Crippen LogP contribution in [0.5, 0.6) is 0 Å². The first-order valence-corrected chi connectivity index (χ1v) is 8.59. The third kappa shape index (κ3) is 9.24. The fourth-order valence-electron chi connectivity index (χ4n) is 1.48. The van der Waals surface area contributed by atoms with Crippen LogP contribution in [0.15, 0.2) is 33.6 Å². The number of nitrogens with one attached hydrogen (secondary N) is 1. The van der Waals surface area contributed by atoms with Crippen LogP contribution < -0.4 is 11.1 Å². The first-order valence-electron chi connectivity index (χ1n) is 6.47. The summed E-state index contributed by atoms with van der Waals surface area (Å²) in [4.78, 5) is 12.4. The summed E-state index contributed by atoms with van der Waals surface area (Å²) in [6.07, 6.45) is 0.970. The van der Waals surface area contributed by atoms with Gasteiger partial charge in [-0.2, -0.15) is 0 Å². The van der Waals surface area contributed by atoms with Crippen LogP contribution in [-0.2, 0) is 15.6 Å². The number of carbonyl (C=O) groups excluding carboxylic acids is 1. The number of carbonyl (C=O) groups is 1. The van der Waals surface area contributed by atoms with Crippen molar-refractivity contribution in [2.45, 2.75) is 37.1 Å². The third-order valence-corrected chi connectivity index (χ3v) is 4.54. The largest absolute Gasteiger partial charge is 0.354 e. The summed E-state index contributed by atoms with van der Waals surface area (Å²) < 4.78 is 13.0. The highest BCUT2D eigenvalue weighted by atomic mass is 79.9. The fraction of sp³-hybridized carbons (Fsp3) is 0.500. The van der Waals surface area contributed by atoms with Crippen molar-refractivity contribution in [3.05, 3.63) is 28.7 Å². The Morgan fingerprint density at radius 2 is 1.90 bits per heavy atom. The molecule has 0 bridgehead atoms. The van der Waals surface area contributed by atoms with Crippen molar-refractivity contribution in [1.29, 1.82) is 0 Å². The summed E-state index contributed by atoms with van der Waals surface area (Å²) in [6.45, 7) is 4.16. The van der Waals surface area contributed by atoms with Gasteiger partial charge in [0.15, 0.2) is 0 Å². The lowest BCUT2D eigenvalue weighted by atomic mass is 10.1. The van der Waals surface area contributed by atoms with Gasteiger partial charge < -0.3 is 11.1 Å². The molecule has 0 spiro atoms. The van der Waals surface area contributed by atoms with Gasteiger partial charge in [0, 0.05) is 33.6 Å². The van der Waals surface area contributed by atoms with E-state index in [2.05, 4.69) is 21.2 Å². The van der Waals surface area contributed by atoms with Crippen LogP contribution in [0.25, 0.3) is 0 Å². The number of rotatable bonds is 7. The zero-order chi connectivity index (χ0) is 15.2. The summed E-state index contributed by atoms with van der Waals surface area (Å²) in [7, 11) is -1.05. The quantitative estimate of drug-likeness (QED) is 0.743. The molecule has 1 unspecified atom stereocenters. The Morgan fingerprint density at radius 1 is 1.33 bits per heavy atom. The fourth-order valence-corrected chi connectivity index (χ4v) is 2.83. The lowest BCUT2D eigenvalue weighted by Gasteiger charge is -2.18. The first-order chi connectivity index (χ1) is 9.28. The maximum absolute atomic E-state index is 12.0. The van der Waals surface area contributed by atoms with Gasteiger partial charge in [-0.15, -0.1) is 12.4 Å². The van der Waals surface area contributed by atoms with E-state index in [1.807, 2.05) is 38.1 Å². The molecular weight excluding hydrogens is 376 g/mol. The van der Waals surface area contributed by atoms with Gasteiger partial charge in [-0.05, 0) is 44.5 Å². The Morgan fingerprint density at radius 3 is 2.43 bits per heavy atom. The van der Waals surface area contributed by atoms with E-state index >= 15 is 0 Å². The second-order valence-electron chi connectivity index (χ2n) is 5.37. The van der Waals surface area contributed by atoms with Crippen molar-refractivity contribution in [2.75, 3.05) is 12.3 Å². The van der Waals surface area contributed by atoms with E-state index in [0.29, 0.717) is 25.1 Å². The highest BCUT2D eigenvalue weighted by molar-refractivity contribution is 9.10. The lowest BCUT2D eigenvalue weighted by Crippen LogP contribution is -2.45. The van der Waals surface area contributed by atoms with Gasteiger partial charge in [-0.3, -0.25) is 9.00 Å². The Kier molecular flexibility index (Phi) is 9.36. The molecule has 120 valence electrons. The predicted octanol–water partition coefficient (Wildman–Crippen LogP) is 2.61. The van der Waals surface area contributed by atoms with Crippen molar-refractivity contribution < 1.29 is 9.00 Å². The maximum atomic E-state index is 12.0. The van der Waals surface area contributed by atoms with Crippen LogP contribution in [0, 0.1) is 0 Å². The number of nitrogens with two attached hydrogens (primary N) is 1. The summed E-state index contributed by atoms with van der Waals surface area (Å²) in [5.74, 6) is 0.442. The van der Waals surface area contributed by atoms with E-state index < -0.39 is 16.3 Å². The molecule has 0 heterocycles. The van der Waals surface area contributed by atoms with Gasteiger partial charge in [-0.1, -0.05) is 15.9 Å². The zero-order valence-corrected chi connectivity index (χ0v) is 15.4. The van der Waals surface area contributed by atoms with Gasteiger partial charge >= 0.3 is 0 Å². The van der Waals surface area contributed by atoms with Gasteiger partial charge in [0.1, 0.15) is 0 Å². The summed E-state index contributed by atoms with van der Waals surface area (Å²) in [5, 5.41) is 2.77. The molecule has 1 aromatic rings. The van der Waals surface area contributed by atoms with E-state index in [4.69, 9.17) is 5.73 Å². The molecule has 1 amide bonds. The Balaban J connectivity index is 0.00000400. The zero-order valence-electron chi connectivity index (χ0n) is 12.2. The summed E-state index contributed by atoms with van der Waals surface area (Å²) in [5.41, 5.74) is 5.37. The molecule has 0 fully saturated rings. The number of hydrogen-bond acceptors (Lipinski definition) is 3. The molecule has 1 atom stereocenters. The van der Waals surface area contributed by atoms with E-state index in [9.17, 15) is 9.00 Å². The molecule has 0 aromatic heterocycles. The standard InChI is InChI=1S/C14H21BrN2O2S.ClH/c1-14(2,16)10-17-13(18)4-3-9-20(19)12-7-5-11(15)6-8-12;/h5-8H,3-4,9-10,16H2,1-2H3,(H,17,18);1H. The third-order valence-electron chi connectivity index (χ3n) is 2.55. The van der Waals surface area contributed by atoms with E-state index in [0.717, 1.165) is 9.37 Å². The van der Waals surface area contributed by atoms with E-state index in [1.165, 1.54) is 0 Å². The second-order valence-corrected chi connectivity index (χ2v) is 7.86. The monoisotopic (exact) mass is 396 g/mol. The molecule has 0 aliphatic rings. The van der Waals surface area contributed by atoms with Crippen LogP contribution in [0.4, 0.5) is 0 Å². The number of hydrogen-bond donors (Lipinski definition) is 2. The maximum Gasteiger partial charge on any atom is 0.220 e. The molecule has 0 radical (unpaired) electrons. The van der Waals surface area contributed by atoms with Gasteiger partial charge in [0.2, 0.25) is 5.91 Å². The van der Waals surface area contributed by atoms with Crippen molar-refractivity contribution in [3.8, 4) is 0 Å². The topological polar surface area (TPSA) is 72.2 Å². The van der Waals surface area contributed by atoms with Crippen LogP contribution in [0.2, 0.25) is 0 Å². The molecule has 0 saturated carbocycles. The smallest absolute Gasteiger partial charge is 0.220 e. The van der Waals surface area contributed by atoms with E-state index in [-0.39, 0.29) is 18.3 Å². The molecule has 4 nitrogen and oxygen atoms in total. The lowest BCUT2D eigenvalue weighted by molar-refractivity contribution is -0.121. The molecule has 7 heteroatoms. The molecule has 0 aliphatic heterocycles. The van der Waals surface area contributed by atoms with Crippen LogP contribution in [0.1, 0.15) is 26.7 Å². The molecule has 3 N–H and O–H groups in total. The molecule has 0 saturated heterocycles. The summed E-state index contributed by atoms with van der Waals surface area (Å²) >= 11 is 3.34. The SMILES string of the molecule is CC(C)(N)CNC(=O)CCCS(=O)c1ccc(Br)cc1.Cl.